The van der Waals surface area contributed by atoms with Crippen molar-refractivity contribution in [3.05, 3.63) is 0 Å². The minimum Gasteiger partial charge on any atom is -0.299 e. The van der Waals surface area contributed by atoms with E-state index >= 15 is 0 Å². The van der Waals surface area contributed by atoms with Crippen LogP contribution in [0, 0.1) is 5.92 Å². The van der Waals surface area contributed by atoms with Crippen LogP contribution < -0.4 is 0 Å². The number of alkyl halides is 1. The van der Waals surface area contributed by atoms with Crippen molar-refractivity contribution >= 4 is 5.78 Å². The Morgan fingerprint density at radius 1 is 1.25 bits per heavy atom. The van der Waals surface area contributed by atoms with Gasteiger partial charge in [-0.2, -0.15) is 0 Å². The summed E-state index contributed by atoms with van der Waals surface area (Å²) in [6, 6.07) is 0. The Balaban J connectivity index is 2.20. The predicted octanol–water partition coefficient (Wildman–Crippen LogP) is 2.89. The topological polar surface area (TPSA) is 17.1 Å². The molecule has 1 aliphatic carbocycles. The molecule has 0 atom stereocenters. The Hall–Kier alpha value is -0.400. The van der Waals surface area contributed by atoms with Gasteiger partial charge in [-0.05, 0) is 19.3 Å². The predicted molar refractivity (Wildman–Crippen MR) is 46.8 cm³/mol. The molecule has 1 rings (SSSR count). The summed E-state index contributed by atoms with van der Waals surface area (Å²) in [6.07, 6.45) is 6.62. The van der Waals surface area contributed by atoms with Gasteiger partial charge in [-0.25, -0.2) is 0 Å². The lowest BCUT2D eigenvalue weighted by Gasteiger charge is -2.19. The molecular formula is C10H17FO. The first-order valence-corrected chi connectivity index (χ1v) is 4.93. The Bertz CT molecular complexity index is 139. The molecule has 1 fully saturated rings. The Morgan fingerprint density at radius 3 is 2.50 bits per heavy atom. The molecule has 0 amide bonds. The van der Waals surface area contributed by atoms with Crippen molar-refractivity contribution in [2.45, 2.75) is 44.9 Å². The third-order valence-corrected chi connectivity index (χ3v) is 2.62. The van der Waals surface area contributed by atoms with Gasteiger partial charge in [0, 0.05) is 12.3 Å². The largest absolute Gasteiger partial charge is 0.299 e. The molecule has 1 saturated carbocycles. The van der Waals surface area contributed by atoms with E-state index in [9.17, 15) is 9.18 Å². The van der Waals surface area contributed by atoms with Gasteiger partial charge in [0.25, 0.3) is 0 Å². The number of carbonyl (C=O) groups excluding carboxylic acids is 1. The van der Waals surface area contributed by atoms with Gasteiger partial charge in [-0.3, -0.25) is 9.18 Å². The van der Waals surface area contributed by atoms with Crippen LogP contribution >= 0.6 is 0 Å². The van der Waals surface area contributed by atoms with Crippen LogP contribution in [0.4, 0.5) is 4.39 Å². The minimum atomic E-state index is -0.349. The zero-order chi connectivity index (χ0) is 8.81. The van der Waals surface area contributed by atoms with E-state index in [0.29, 0.717) is 18.6 Å². The highest BCUT2D eigenvalue weighted by molar-refractivity contribution is 5.80. The smallest absolute Gasteiger partial charge is 0.136 e. The molecule has 0 saturated heterocycles. The molecule has 0 aromatic rings. The standard InChI is InChI=1S/C10H17FO/c11-8-4-7-10(12)9-5-2-1-3-6-9/h9H,1-8H2. The summed E-state index contributed by atoms with van der Waals surface area (Å²) in [5.74, 6) is 0.567. The number of rotatable bonds is 4. The Morgan fingerprint density at radius 2 is 1.92 bits per heavy atom. The number of Topliss-reactive ketones (excluding diaryl/α,β-unsaturated/α-hetero) is 1. The second-order valence-corrected chi connectivity index (χ2v) is 3.59. The molecule has 1 aliphatic rings. The molecule has 0 aromatic heterocycles. The van der Waals surface area contributed by atoms with E-state index in [2.05, 4.69) is 0 Å². The first kappa shape index (κ1) is 9.69. The number of carbonyl (C=O) groups is 1. The van der Waals surface area contributed by atoms with Crippen molar-refractivity contribution in [3.63, 3.8) is 0 Å². The van der Waals surface area contributed by atoms with Crippen LogP contribution in [0.2, 0.25) is 0 Å². The third kappa shape index (κ3) is 2.92. The molecule has 0 spiro atoms. The average Bonchev–Trinajstić information content (AvgIpc) is 2.15. The fourth-order valence-electron chi connectivity index (χ4n) is 1.87. The van der Waals surface area contributed by atoms with E-state index in [4.69, 9.17) is 0 Å². The van der Waals surface area contributed by atoms with Gasteiger partial charge in [0.05, 0.1) is 6.67 Å². The highest BCUT2D eigenvalue weighted by Crippen LogP contribution is 2.25. The van der Waals surface area contributed by atoms with Gasteiger partial charge in [-0.15, -0.1) is 0 Å². The van der Waals surface area contributed by atoms with Gasteiger partial charge < -0.3 is 0 Å². The van der Waals surface area contributed by atoms with E-state index in [1.807, 2.05) is 0 Å². The lowest BCUT2D eigenvalue weighted by Crippen LogP contribution is -2.17. The number of hydrogen-bond acceptors (Lipinski definition) is 1. The maximum atomic E-state index is 11.8. The first-order chi connectivity index (χ1) is 5.84. The normalized spacial score (nSPS) is 19.4. The van der Waals surface area contributed by atoms with Crippen molar-refractivity contribution in [2.24, 2.45) is 5.92 Å². The second-order valence-electron chi connectivity index (χ2n) is 3.59. The van der Waals surface area contributed by atoms with Crippen molar-refractivity contribution in [2.75, 3.05) is 6.67 Å². The molecule has 0 bridgehead atoms. The summed E-state index contributed by atoms with van der Waals surface area (Å²) >= 11 is 0. The quantitative estimate of drug-likeness (QED) is 0.637. The van der Waals surface area contributed by atoms with E-state index in [1.54, 1.807) is 0 Å². The van der Waals surface area contributed by atoms with Crippen LogP contribution in [0.1, 0.15) is 44.9 Å². The van der Waals surface area contributed by atoms with Crippen molar-refractivity contribution in [1.29, 1.82) is 0 Å². The molecule has 0 aliphatic heterocycles. The van der Waals surface area contributed by atoms with Crippen molar-refractivity contribution in [1.82, 2.24) is 0 Å². The summed E-state index contributed by atoms with van der Waals surface area (Å²) < 4.78 is 11.8. The molecule has 0 heterocycles. The Labute approximate surface area is 73.3 Å². The van der Waals surface area contributed by atoms with Crippen LogP contribution in [0.15, 0.2) is 0 Å². The Kier molecular flexibility index (Phi) is 4.26. The fourth-order valence-corrected chi connectivity index (χ4v) is 1.87. The fraction of sp³-hybridized carbons (Fsp3) is 0.900. The number of hydrogen-bond donors (Lipinski definition) is 0. The molecule has 0 radical (unpaired) electrons. The first-order valence-electron chi connectivity index (χ1n) is 4.93. The van der Waals surface area contributed by atoms with Crippen molar-refractivity contribution < 1.29 is 9.18 Å². The van der Waals surface area contributed by atoms with Gasteiger partial charge >= 0.3 is 0 Å². The summed E-state index contributed by atoms with van der Waals surface area (Å²) in [6.45, 7) is -0.349. The maximum absolute atomic E-state index is 11.8. The van der Waals surface area contributed by atoms with Gasteiger partial charge in [0.15, 0.2) is 0 Å². The molecule has 0 N–H and O–H groups in total. The highest BCUT2D eigenvalue weighted by Gasteiger charge is 2.19. The van der Waals surface area contributed by atoms with Crippen molar-refractivity contribution in [3.8, 4) is 0 Å². The van der Waals surface area contributed by atoms with Crippen LogP contribution in [0.25, 0.3) is 0 Å². The van der Waals surface area contributed by atoms with E-state index < -0.39 is 0 Å². The third-order valence-electron chi connectivity index (χ3n) is 2.62. The number of ketones is 1. The zero-order valence-electron chi connectivity index (χ0n) is 7.52. The molecule has 0 unspecified atom stereocenters. The van der Waals surface area contributed by atoms with Crippen LogP contribution in [0.5, 0.6) is 0 Å². The lowest BCUT2D eigenvalue weighted by molar-refractivity contribution is -0.123. The van der Waals surface area contributed by atoms with Crippen LogP contribution in [0.3, 0.4) is 0 Å². The monoisotopic (exact) mass is 172 g/mol. The van der Waals surface area contributed by atoms with E-state index in [0.717, 1.165) is 12.8 Å². The summed E-state index contributed by atoms with van der Waals surface area (Å²) in [5.41, 5.74) is 0. The van der Waals surface area contributed by atoms with Gasteiger partial charge in [0.1, 0.15) is 5.78 Å². The maximum Gasteiger partial charge on any atom is 0.136 e. The molecule has 70 valence electrons. The second kappa shape index (κ2) is 5.28. The average molecular weight is 172 g/mol. The molecular weight excluding hydrogens is 155 g/mol. The van der Waals surface area contributed by atoms with E-state index in [1.165, 1.54) is 19.3 Å². The summed E-state index contributed by atoms with van der Waals surface area (Å²) in [7, 11) is 0. The highest BCUT2D eigenvalue weighted by atomic mass is 19.1. The van der Waals surface area contributed by atoms with Gasteiger partial charge in [-0.1, -0.05) is 19.3 Å². The lowest BCUT2D eigenvalue weighted by atomic mass is 9.85. The van der Waals surface area contributed by atoms with E-state index in [-0.39, 0.29) is 12.6 Å². The minimum absolute atomic E-state index is 0.269. The molecule has 12 heavy (non-hydrogen) atoms. The SMILES string of the molecule is O=C(CCCF)C1CCCCC1. The molecule has 2 heteroatoms. The van der Waals surface area contributed by atoms with Crippen LogP contribution in [-0.2, 0) is 4.79 Å². The number of halogens is 1. The van der Waals surface area contributed by atoms with Gasteiger partial charge in [0.2, 0.25) is 0 Å². The summed E-state index contributed by atoms with van der Waals surface area (Å²) in [5, 5.41) is 0. The summed E-state index contributed by atoms with van der Waals surface area (Å²) in [4.78, 5) is 11.4. The molecule has 1 nitrogen and oxygen atoms in total. The van der Waals surface area contributed by atoms with Crippen LogP contribution in [-0.4, -0.2) is 12.5 Å². The zero-order valence-corrected chi connectivity index (χ0v) is 7.52. The molecule has 0 aromatic carbocycles.